The molecule has 2 heteroatoms. The lowest BCUT2D eigenvalue weighted by Crippen LogP contribution is -2.31. The number of carbonyl (C=O) groups is 1. The van der Waals surface area contributed by atoms with Crippen LogP contribution in [0.3, 0.4) is 0 Å². The van der Waals surface area contributed by atoms with E-state index >= 15 is 0 Å². The van der Waals surface area contributed by atoms with Crippen molar-refractivity contribution in [2.45, 2.75) is 24.2 Å². The molecular formula is C34H28O2. The first kappa shape index (κ1) is 22.3. The van der Waals surface area contributed by atoms with Gasteiger partial charge in [-0.25, -0.2) is 4.79 Å². The van der Waals surface area contributed by atoms with Gasteiger partial charge in [-0.15, -0.1) is 0 Å². The molecule has 0 heterocycles. The van der Waals surface area contributed by atoms with Gasteiger partial charge in [0.25, 0.3) is 0 Å². The molecule has 0 amide bonds. The zero-order chi connectivity index (χ0) is 24.6. The van der Waals surface area contributed by atoms with Gasteiger partial charge in [0.2, 0.25) is 0 Å². The fourth-order valence-electron chi connectivity index (χ4n) is 6.39. The van der Waals surface area contributed by atoms with E-state index in [2.05, 4.69) is 115 Å². The molecule has 2 aliphatic rings. The van der Waals surface area contributed by atoms with Crippen LogP contribution in [0, 0.1) is 0 Å². The van der Waals surface area contributed by atoms with Crippen LogP contribution in [-0.2, 0) is 20.4 Å². The second-order valence-electron chi connectivity index (χ2n) is 9.55. The van der Waals surface area contributed by atoms with Gasteiger partial charge in [0.05, 0.1) is 12.0 Å². The summed E-state index contributed by atoms with van der Waals surface area (Å²) in [4.78, 5) is 13.7. The summed E-state index contributed by atoms with van der Waals surface area (Å²) in [6, 6.07) is 42.3. The van der Waals surface area contributed by atoms with E-state index in [4.69, 9.17) is 4.74 Å². The van der Waals surface area contributed by atoms with Gasteiger partial charge in [-0.3, -0.25) is 0 Å². The largest absolute Gasteiger partial charge is 0.463 e. The maximum Gasteiger partial charge on any atom is 0.334 e. The topological polar surface area (TPSA) is 26.3 Å². The number of benzene rings is 4. The Kier molecular flexibility index (Phi) is 5.45. The van der Waals surface area contributed by atoms with Crippen LogP contribution in [0.2, 0.25) is 0 Å². The number of hydrogen-bond donors (Lipinski definition) is 0. The molecule has 36 heavy (non-hydrogen) atoms. The van der Waals surface area contributed by atoms with Gasteiger partial charge >= 0.3 is 5.97 Å². The smallest absolute Gasteiger partial charge is 0.334 e. The highest BCUT2D eigenvalue weighted by Gasteiger charge is 2.63. The highest BCUT2D eigenvalue weighted by atomic mass is 16.5. The maximum atomic E-state index is 13.7. The zero-order valence-corrected chi connectivity index (χ0v) is 20.4. The minimum atomic E-state index is -0.629. The predicted molar refractivity (Wildman–Crippen MR) is 145 cm³/mol. The first-order valence-corrected chi connectivity index (χ1v) is 12.6. The second kappa shape index (κ2) is 8.80. The van der Waals surface area contributed by atoms with Crippen LogP contribution in [-0.4, -0.2) is 12.6 Å². The molecule has 0 aliphatic heterocycles. The standard InChI is InChI=1S/C34H28O2/c1-2-36-32(35)29-23-33(27-19-11-5-12-20-27)24-34(29,28-21-13-6-14-22-28)31(26-17-9-4-10-18-26)30(33)25-15-7-3-8-16-25/h3-23H,2,24H2,1H3/t33-,34+/m1/s1. The number of allylic oxidation sites excluding steroid dienone is 3. The minimum absolute atomic E-state index is 0.236. The third-order valence-electron chi connectivity index (χ3n) is 7.69. The van der Waals surface area contributed by atoms with E-state index in [0.717, 1.165) is 23.1 Å². The van der Waals surface area contributed by atoms with Crippen LogP contribution in [0.15, 0.2) is 133 Å². The van der Waals surface area contributed by atoms with E-state index in [1.54, 1.807) is 0 Å². The van der Waals surface area contributed by atoms with Gasteiger partial charge in [0, 0.05) is 11.0 Å². The van der Waals surface area contributed by atoms with Crippen molar-refractivity contribution in [1.29, 1.82) is 0 Å². The Morgan fingerprint density at radius 3 is 1.67 bits per heavy atom. The van der Waals surface area contributed by atoms with Crippen LogP contribution in [0.5, 0.6) is 0 Å². The van der Waals surface area contributed by atoms with Crippen molar-refractivity contribution in [3.8, 4) is 0 Å². The third kappa shape index (κ3) is 3.21. The van der Waals surface area contributed by atoms with E-state index in [-0.39, 0.29) is 5.97 Å². The minimum Gasteiger partial charge on any atom is -0.463 e. The highest BCUT2D eigenvalue weighted by Crippen LogP contribution is 2.69. The zero-order valence-electron chi connectivity index (χ0n) is 20.4. The van der Waals surface area contributed by atoms with Crippen molar-refractivity contribution in [2.75, 3.05) is 6.61 Å². The summed E-state index contributed by atoms with van der Waals surface area (Å²) in [7, 11) is 0. The van der Waals surface area contributed by atoms with E-state index in [1.165, 1.54) is 22.3 Å². The number of fused-ring (bicyclic) bond motifs is 2. The first-order valence-electron chi connectivity index (χ1n) is 12.6. The fourth-order valence-corrected chi connectivity index (χ4v) is 6.39. The van der Waals surface area contributed by atoms with Crippen LogP contribution in [0.1, 0.15) is 35.6 Å². The Balaban J connectivity index is 1.77. The van der Waals surface area contributed by atoms with Crippen molar-refractivity contribution >= 4 is 17.1 Å². The Morgan fingerprint density at radius 2 is 1.14 bits per heavy atom. The Bertz CT molecular complexity index is 1450. The van der Waals surface area contributed by atoms with E-state index < -0.39 is 10.8 Å². The Morgan fingerprint density at radius 1 is 0.667 bits per heavy atom. The van der Waals surface area contributed by atoms with E-state index in [1.807, 2.05) is 19.1 Å². The molecule has 4 aromatic carbocycles. The average molecular weight is 469 g/mol. The summed E-state index contributed by atoms with van der Waals surface area (Å²) in [6.07, 6.45) is 2.96. The van der Waals surface area contributed by atoms with E-state index in [0.29, 0.717) is 6.61 Å². The normalized spacial score (nSPS) is 22.4. The molecule has 6 rings (SSSR count). The molecular weight excluding hydrogens is 440 g/mol. The van der Waals surface area contributed by atoms with Gasteiger partial charge in [-0.1, -0.05) is 127 Å². The molecule has 0 fully saturated rings. The highest BCUT2D eigenvalue weighted by molar-refractivity contribution is 6.13. The average Bonchev–Trinajstić information content (AvgIpc) is 3.47. The second-order valence-corrected chi connectivity index (χ2v) is 9.55. The van der Waals surface area contributed by atoms with Gasteiger partial charge in [0.1, 0.15) is 0 Å². The van der Waals surface area contributed by atoms with Crippen LogP contribution in [0.25, 0.3) is 11.1 Å². The van der Waals surface area contributed by atoms with Crippen LogP contribution >= 0.6 is 0 Å². The van der Waals surface area contributed by atoms with Gasteiger partial charge in [-0.2, -0.15) is 0 Å². The Hall–Kier alpha value is -4.17. The number of esters is 1. The summed E-state index contributed by atoms with van der Waals surface area (Å²) in [6.45, 7) is 2.21. The molecule has 0 radical (unpaired) electrons. The molecule has 0 unspecified atom stereocenters. The number of hydrogen-bond acceptors (Lipinski definition) is 2. The summed E-state index contributed by atoms with van der Waals surface area (Å²) < 4.78 is 5.70. The number of ether oxygens (including phenoxy) is 1. The van der Waals surface area contributed by atoms with Crippen LogP contribution in [0.4, 0.5) is 0 Å². The number of carbonyl (C=O) groups excluding carboxylic acids is 1. The lowest BCUT2D eigenvalue weighted by Gasteiger charge is -2.35. The van der Waals surface area contributed by atoms with Crippen LogP contribution < -0.4 is 0 Å². The monoisotopic (exact) mass is 468 g/mol. The van der Waals surface area contributed by atoms with Crippen molar-refractivity contribution < 1.29 is 9.53 Å². The van der Waals surface area contributed by atoms with Crippen molar-refractivity contribution in [2.24, 2.45) is 0 Å². The fraction of sp³-hybridized carbons (Fsp3) is 0.147. The van der Waals surface area contributed by atoms with Gasteiger partial charge in [0.15, 0.2) is 0 Å². The molecule has 2 nitrogen and oxygen atoms in total. The maximum absolute atomic E-state index is 13.7. The molecule has 0 saturated carbocycles. The van der Waals surface area contributed by atoms with Gasteiger partial charge in [-0.05, 0) is 46.7 Å². The molecule has 0 aromatic heterocycles. The molecule has 0 saturated heterocycles. The van der Waals surface area contributed by atoms with Crippen molar-refractivity contribution in [3.63, 3.8) is 0 Å². The molecule has 2 atom stereocenters. The summed E-state index contributed by atoms with van der Waals surface area (Å²) in [5.74, 6) is -0.236. The molecule has 176 valence electrons. The lowest BCUT2D eigenvalue weighted by atomic mass is 9.67. The summed E-state index contributed by atoms with van der Waals surface area (Å²) in [5.41, 5.74) is 6.71. The first-order chi connectivity index (χ1) is 17.7. The summed E-state index contributed by atoms with van der Waals surface area (Å²) in [5, 5.41) is 0. The van der Waals surface area contributed by atoms with Crippen molar-refractivity contribution in [1.82, 2.24) is 0 Å². The number of rotatable bonds is 6. The quantitative estimate of drug-likeness (QED) is 0.276. The molecule has 0 spiro atoms. The van der Waals surface area contributed by atoms with Crippen molar-refractivity contribution in [3.05, 3.63) is 155 Å². The van der Waals surface area contributed by atoms with Gasteiger partial charge < -0.3 is 4.74 Å². The Labute approximate surface area is 212 Å². The predicted octanol–water partition coefficient (Wildman–Crippen LogP) is 7.38. The third-order valence-corrected chi connectivity index (χ3v) is 7.69. The lowest BCUT2D eigenvalue weighted by molar-refractivity contribution is -0.139. The van der Waals surface area contributed by atoms with E-state index in [9.17, 15) is 4.79 Å². The molecule has 2 bridgehead atoms. The molecule has 0 N–H and O–H groups in total. The summed E-state index contributed by atoms with van der Waals surface area (Å²) >= 11 is 0. The SMILES string of the molecule is CCOC(=O)C1=C[C@]2(c3ccccc3)C[C@@]1(c1ccccc1)C(c1ccccc1)=C2c1ccccc1. The molecule has 2 aliphatic carbocycles. The molecule has 4 aromatic rings.